The number of hydrogen-bond donors (Lipinski definition) is 1. The van der Waals surface area contributed by atoms with Crippen molar-refractivity contribution in [3.05, 3.63) is 33.1 Å². The molecule has 0 atom stereocenters. The summed E-state index contributed by atoms with van der Waals surface area (Å²) >= 11 is 0. The van der Waals surface area contributed by atoms with Gasteiger partial charge in [-0.2, -0.15) is 0 Å². The van der Waals surface area contributed by atoms with E-state index in [4.69, 9.17) is 1.37 Å². The molecule has 0 aliphatic heterocycles. The van der Waals surface area contributed by atoms with Crippen molar-refractivity contribution in [1.29, 1.82) is 0 Å². The Morgan fingerprint density at radius 1 is 1.46 bits per heavy atom. The topological polar surface area (TPSA) is 54.9 Å². The van der Waals surface area contributed by atoms with Crippen LogP contribution in [0.2, 0.25) is 0 Å². The van der Waals surface area contributed by atoms with Crippen molar-refractivity contribution >= 4 is 0 Å². The molecular formula is C9H12N2O2. The van der Waals surface area contributed by atoms with Gasteiger partial charge in [-0.15, -0.1) is 0 Å². The number of aromatic amines is 1. The molecule has 1 heterocycles. The second-order valence-electron chi connectivity index (χ2n) is 3.38. The molecule has 1 fully saturated rings. The third kappa shape index (κ3) is 1.56. The third-order valence-electron chi connectivity index (χ3n) is 2.51. The van der Waals surface area contributed by atoms with Gasteiger partial charge in [0.1, 0.15) is 0 Å². The molecular weight excluding hydrogens is 168 g/mol. The highest BCUT2D eigenvalue weighted by molar-refractivity contribution is 4.87. The summed E-state index contributed by atoms with van der Waals surface area (Å²) in [6.07, 6.45) is 5.50. The van der Waals surface area contributed by atoms with Gasteiger partial charge in [0.05, 0.1) is 1.37 Å². The smallest absolute Gasteiger partial charge is 0.298 e. The number of nitrogens with zero attached hydrogens (tertiary/aromatic N) is 1. The lowest BCUT2D eigenvalue weighted by atomic mass is 10.2. The second-order valence-corrected chi connectivity index (χ2v) is 3.38. The van der Waals surface area contributed by atoms with E-state index in [0.29, 0.717) is 0 Å². The van der Waals surface area contributed by atoms with Crippen LogP contribution in [0.3, 0.4) is 0 Å². The first kappa shape index (κ1) is 7.12. The molecule has 13 heavy (non-hydrogen) atoms. The first-order chi connectivity index (χ1) is 6.68. The fraction of sp³-hybridized carbons (Fsp3) is 0.556. The molecule has 1 aliphatic rings. The first-order valence-electron chi connectivity index (χ1n) is 5.00. The lowest BCUT2D eigenvalue weighted by Gasteiger charge is -2.11. The predicted octanol–water partition coefficient (Wildman–Crippen LogP) is 0.652. The number of hydrogen-bond acceptors (Lipinski definition) is 2. The lowest BCUT2D eigenvalue weighted by Crippen LogP contribution is -2.30. The normalized spacial score (nSPS) is 18.9. The Labute approximate surface area is 76.6 Å². The highest BCUT2D eigenvalue weighted by Crippen LogP contribution is 2.27. The molecule has 2 rings (SSSR count). The van der Waals surface area contributed by atoms with Crippen molar-refractivity contribution in [3.63, 3.8) is 0 Å². The molecule has 0 radical (unpaired) electrons. The minimum absolute atomic E-state index is 0.142. The zero-order valence-corrected chi connectivity index (χ0v) is 7.25. The fourth-order valence-electron chi connectivity index (χ4n) is 1.84. The largest absolute Gasteiger partial charge is 0.328 e. The summed E-state index contributed by atoms with van der Waals surface area (Å²) in [5.41, 5.74) is -0.998. The van der Waals surface area contributed by atoms with E-state index in [-0.39, 0.29) is 12.1 Å². The van der Waals surface area contributed by atoms with E-state index in [0.717, 1.165) is 25.7 Å². The molecule has 0 aromatic carbocycles. The monoisotopic (exact) mass is 181 g/mol. The molecule has 1 N–H and O–H groups in total. The highest BCUT2D eigenvalue weighted by atomic mass is 16.2. The van der Waals surface area contributed by atoms with Gasteiger partial charge in [0.2, 0.25) is 0 Å². The van der Waals surface area contributed by atoms with Crippen LogP contribution in [0.25, 0.3) is 0 Å². The van der Waals surface area contributed by atoms with Gasteiger partial charge in [-0.1, -0.05) is 12.8 Å². The van der Waals surface area contributed by atoms with E-state index >= 15 is 0 Å². The number of rotatable bonds is 1. The van der Waals surface area contributed by atoms with Crippen LogP contribution >= 0.6 is 0 Å². The molecule has 0 saturated heterocycles. The van der Waals surface area contributed by atoms with Crippen LogP contribution < -0.4 is 11.2 Å². The summed E-state index contributed by atoms with van der Waals surface area (Å²) in [5.74, 6) is 0. The molecule has 4 heteroatoms. The molecule has 70 valence electrons. The van der Waals surface area contributed by atoms with Crippen molar-refractivity contribution in [1.82, 2.24) is 9.55 Å². The Bertz CT molecular complexity index is 443. The van der Waals surface area contributed by atoms with Gasteiger partial charge < -0.3 is 0 Å². The van der Waals surface area contributed by atoms with Crippen molar-refractivity contribution in [2.24, 2.45) is 0 Å². The Balaban J connectivity index is 2.47. The van der Waals surface area contributed by atoms with Crippen LogP contribution in [0.1, 0.15) is 33.1 Å². The molecule has 0 spiro atoms. The number of aromatic nitrogens is 2. The molecule has 1 saturated carbocycles. The van der Waals surface area contributed by atoms with Crippen LogP contribution in [0, 0.1) is 0 Å². The zero-order valence-electron chi connectivity index (χ0n) is 8.25. The van der Waals surface area contributed by atoms with E-state index in [9.17, 15) is 9.59 Å². The second kappa shape index (κ2) is 3.20. The molecule has 4 nitrogen and oxygen atoms in total. The minimum Gasteiger partial charge on any atom is -0.298 e. The van der Waals surface area contributed by atoms with Gasteiger partial charge in [0, 0.05) is 18.3 Å². The maximum atomic E-state index is 11.4. The van der Waals surface area contributed by atoms with Crippen LogP contribution in [0.15, 0.2) is 21.8 Å². The van der Waals surface area contributed by atoms with E-state index < -0.39 is 11.2 Å². The van der Waals surface area contributed by atoms with E-state index in [1.165, 1.54) is 10.8 Å². The Morgan fingerprint density at radius 3 is 2.85 bits per heavy atom. The Kier molecular flexibility index (Phi) is 1.75. The summed E-state index contributed by atoms with van der Waals surface area (Å²) in [6, 6.07) is 0.0277. The average Bonchev–Trinajstić information content (AvgIpc) is 2.64. The van der Waals surface area contributed by atoms with Gasteiger partial charge in [-0.05, 0) is 12.8 Å². The van der Waals surface area contributed by atoms with Gasteiger partial charge in [0.15, 0.2) is 0 Å². The predicted molar refractivity (Wildman–Crippen MR) is 48.8 cm³/mol. The van der Waals surface area contributed by atoms with Gasteiger partial charge in [-0.3, -0.25) is 14.3 Å². The van der Waals surface area contributed by atoms with E-state index in [1.54, 1.807) is 0 Å². The molecule has 1 aliphatic carbocycles. The maximum absolute atomic E-state index is 11.4. The van der Waals surface area contributed by atoms with Crippen molar-refractivity contribution in [2.45, 2.75) is 31.7 Å². The fourth-order valence-corrected chi connectivity index (χ4v) is 1.84. The summed E-state index contributed by atoms with van der Waals surface area (Å²) in [6.45, 7) is 0. The van der Waals surface area contributed by atoms with Crippen LogP contribution in [0.5, 0.6) is 0 Å². The highest BCUT2D eigenvalue weighted by Gasteiger charge is 2.17. The van der Waals surface area contributed by atoms with E-state index in [2.05, 4.69) is 4.98 Å². The summed E-state index contributed by atoms with van der Waals surface area (Å²) in [7, 11) is 0. The maximum Gasteiger partial charge on any atom is 0.328 e. The zero-order chi connectivity index (χ0) is 10.1. The quantitative estimate of drug-likeness (QED) is 0.691. The lowest BCUT2D eigenvalue weighted by molar-refractivity contribution is 0.491. The Morgan fingerprint density at radius 2 is 2.15 bits per heavy atom. The van der Waals surface area contributed by atoms with Crippen LogP contribution in [-0.4, -0.2) is 9.55 Å². The number of H-pyrrole nitrogens is 1. The first-order valence-corrected chi connectivity index (χ1v) is 4.50. The van der Waals surface area contributed by atoms with E-state index in [1.807, 2.05) is 0 Å². The summed E-state index contributed by atoms with van der Waals surface area (Å²) < 4.78 is 8.80. The summed E-state index contributed by atoms with van der Waals surface area (Å²) in [4.78, 5) is 24.5. The number of nitrogens with one attached hydrogen (secondary N) is 1. The molecule has 1 aromatic rings. The van der Waals surface area contributed by atoms with Crippen molar-refractivity contribution in [2.75, 3.05) is 0 Å². The minimum atomic E-state index is -0.607. The average molecular weight is 181 g/mol. The Hall–Kier alpha value is -1.32. The van der Waals surface area contributed by atoms with Crippen molar-refractivity contribution in [3.8, 4) is 0 Å². The van der Waals surface area contributed by atoms with Gasteiger partial charge in [-0.25, -0.2) is 4.79 Å². The van der Waals surface area contributed by atoms with Crippen LogP contribution in [0.4, 0.5) is 0 Å². The SMILES string of the molecule is [2H]c1cn(C2CCCC2)c(=O)[nH]c1=O. The molecule has 0 bridgehead atoms. The molecule has 0 unspecified atom stereocenters. The molecule has 0 amide bonds. The van der Waals surface area contributed by atoms with Crippen molar-refractivity contribution < 1.29 is 1.37 Å². The summed E-state index contributed by atoms with van der Waals surface area (Å²) in [5, 5.41) is 0. The van der Waals surface area contributed by atoms with Gasteiger partial charge in [0.25, 0.3) is 5.56 Å². The van der Waals surface area contributed by atoms with Crippen LogP contribution in [-0.2, 0) is 0 Å². The standard InChI is InChI=1S/C9H12N2O2/c12-8-5-6-11(9(13)10-8)7-3-1-2-4-7/h5-7H,1-4H2,(H,10,12,13)/i5D. The third-order valence-corrected chi connectivity index (χ3v) is 2.51. The van der Waals surface area contributed by atoms with Gasteiger partial charge >= 0.3 is 5.69 Å². The molecule has 1 aromatic heterocycles.